The van der Waals surface area contributed by atoms with Gasteiger partial charge in [-0.2, -0.15) is 0 Å². The van der Waals surface area contributed by atoms with Crippen molar-refractivity contribution in [2.75, 3.05) is 0 Å². The van der Waals surface area contributed by atoms with Crippen LogP contribution >= 0.6 is 0 Å². The van der Waals surface area contributed by atoms with E-state index in [9.17, 15) is 9.18 Å². The fourth-order valence-electron chi connectivity index (χ4n) is 2.75. The summed E-state index contributed by atoms with van der Waals surface area (Å²) >= 11 is 0. The van der Waals surface area contributed by atoms with Crippen LogP contribution in [0.1, 0.15) is 42.9 Å². The van der Waals surface area contributed by atoms with Crippen molar-refractivity contribution >= 4 is 5.91 Å². The van der Waals surface area contributed by atoms with Gasteiger partial charge in [-0.3, -0.25) is 4.79 Å². The van der Waals surface area contributed by atoms with Crippen LogP contribution in [0.2, 0.25) is 0 Å². The minimum Gasteiger partial charge on any atom is -0.366 e. The summed E-state index contributed by atoms with van der Waals surface area (Å²) < 4.78 is 13.3. The molecule has 0 spiro atoms. The number of carbonyl (C=O) groups is 1. The van der Waals surface area contributed by atoms with Gasteiger partial charge in [0.25, 0.3) is 0 Å². The smallest absolute Gasteiger partial charge is 0.248 e. The van der Waals surface area contributed by atoms with Gasteiger partial charge in [0.05, 0.1) is 11.4 Å². The number of carbonyl (C=O) groups excluding carboxylic acids is 1. The van der Waals surface area contributed by atoms with E-state index in [0.717, 1.165) is 28.3 Å². The molecule has 0 bridgehead atoms. The molecule has 134 valence electrons. The molecule has 3 aromatic rings. The van der Waals surface area contributed by atoms with Crippen LogP contribution in [0.3, 0.4) is 0 Å². The van der Waals surface area contributed by atoms with Gasteiger partial charge in [0.15, 0.2) is 0 Å². The third kappa shape index (κ3) is 3.52. The van der Waals surface area contributed by atoms with Crippen molar-refractivity contribution in [3.8, 4) is 22.5 Å². The summed E-state index contributed by atoms with van der Waals surface area (Å²) in [6.45, 7) is 6.41. The van der Waals surface area contributed by atoms with Gasteiger partial charge >= 0.3 is 0 Å². The van der Waals surface area contributed by atoms with Crippen molar-refractivity contribution in [2.45, 2.75) is 26.7 Å². The second-order valence-corrected chi connectivity index (χ2v) is 6.83. The molecule has 2 aromatic carbocycles. The van der Waals surface area contributed by atoms with E-state index in [2.05, 4.69) is 25.8 Å². The molecule has 4 nitrogen and oxygen atoms in total. The van der Waals surface area contributed by atoms with Crippen LogP contribution < -0.4 is 5.73 Å². The van der Waals surface area contributed by atoms with E-state index in [1.54, 1.807) is 24.3 Å². The molecule has 1 aromatic heterocycles. The Hall–Kier alpha value is -2.95. The fourth-order valence-corrected chi connectivity index (χ4v) is 2.75. The highest BCUT2D eigenvalue weighted by Crippen LogP contribution is 2.33. The van der Waals surface area contributed by atoms with Crippen LogP contribution in [0.15, 0.2) is 48.5 Å². The number of H-pyrrole nitrogens is 1. The number of imidazole rings is 1. The number of hydrogen-bond donors (Lipinski definition) is 2. The van der Waals surface area contributed by atoms with Gasteiger partial charge in [-0.15, -0.1) is 0 Å². The molecule has 0 radical (unpaired) electrons. The first-order chi connectivity index (χ1) is 12.4. The fraction of sp³-hybridized carbons (Fsp3) is 0.238. The molecule has 1 heterocycles. The van der Waals surface area contributed by atoms with Gasteiger partial charge in [0.2, 0.25) is 5.91 Å². The van der Waals surface area contributed by atoms with E-state index >= 15 is 0 Å². The van der Waals surface area contributed by atoms with Gasteiger partial charge in [-0.05, 0) is 42.3 Å². The molecule has 0 saturated carbocycles. The third-order valence-electron chi connectivity index (χ3n) is 4.73. The maximum atomic E-state index is 13.3. The standard InChI is InChI=1S/C21H22FN3O/c1-12(2)13(3)21-24-18(14-4-6-16(7-5-14)20(23)26)19(25-21)15-8-10-17(22)11-9-15/h4-13H,1-3H3,(H2,23,26)(H,24,25). The van der Waals surface area contributed by atoms with Crippen LogP contribution in [0.5, 0.6) is 0 Å². The second-order valence-electron chi connectivity index (χ2n) is 6.83. The molecule has 0 fully saturated rings. The Morgan fingerprint density at radius 2 is 1.58 bits per heavy atom. The maximum absolute atomic E-state index is 13.3. The molecule has 1 amide bonds. The van der Waals surface area contributed by atoms with Gasteiger partial charge in [-0.25, -0.2) is 9.37 Å². The zero-order valence-corrected chi connectivity index (χ0v) is 15.1. The van der Waals surface area contributed by atoms with Crippen LogP contribution in [0, 0.1) is 11.7 Å². The zero-order valence-electron chi connectivity index (χ0n) is 15.1. The Kier molecular flexibility index (Phi) is 4.89. The Morgan fingerprint density at radius 1 is 1.00 bits per heavy atom. The Balaban J connectivity index is 2.12. The summed E-state index contributed by atoms with van der Waals surface area (Å²) in [5.74, 6) is 0.802. The number of nitrogens with zero attached hydrogens (tertiary/aromatic N) is 1. The molecule has 0 saturated heterocycles. The van der Waals surface area contributed by atoms with Crippen LogP contribution in [-0.4, -0.2) is 15.9 Å². The normalized spacial score (nSPS) is 12.3. The summed E-state index contributed by atoms with van der Waals surface area (Å²) in [6.07, 6.45) is 0. The number of halogens is 1. The van der Waals surface area contributed by atoms with Crippen molar-refractivity contribution < 1.29 is 9.18 Å². The molecule has 5 heteroatoms. The minimum atomic E-state index is -0.466. The van der Waals surface area contributed by atoms with Gasteiger partial charge in [0, 0.05) is 22.6 Å². The summed E-state index contributed by atoms with van der Waals surface area (Å²) in [6, 6.07) is 13.4. The highest BCUT2D eigenvalue weighted by Gasteiger charge is 2.19. The van der Waals surface area contributed by atoms with Crippen molar-refractivity contribution in [3.63, 3.8) is 0 Å². The minimum absolute atomic E-state index is 0.243. The molecule has 0 aliphatic rings. The number of aromatic amines is 1. The van der Waals surface area contributed by atoms with Gasteiger partial charge in [0.1, 0.15) is 11.6 Å². The topological polar surface area (TPSA) is 71.8 Å². The summed E-state index contributed by atoms with van der Waals surface area (Å²) in [4.78, 5) is 19.5. The third-order valence-corrected chi connectivity index (χ3v) is 4.73. The van der Waals surface area contributed by atoms with E-state index < -0.39 is 5.91 Å². The quantitative estimate of drug-likeness (QED) is 0.697. The van der Waals surface area contributed by atoms with E-state index in [1.165, 1.54) is 12.1 Å². The van der Waals surface area contributed by atoms with Crippen molar-refractivity contribution in [1.29, 1.82) is 0 Å². The summed E-state index contributed by atoms with van der Waals surface area (Å²) in [7, 11) is 0. The first-order valence-corrected chi connectivity index (χ1v) is 8.63. The lowest BCUT2D eigenvalue weighted by molar-refractivity contribution is 0.100. The van der Waals surface area contributed by atoms with Crippen molar-refractivity contribution in [3.05, 3.63) is 65.7 Å². The summed E-state index contributed by atoms with van der Waals surface area (Å²) in [5.41, 5.74) is 9.10. The van der Waals surface area contributed by atoms with E-state index in [0.29, 0.717) is 11.5 Å². The van der Waals surface area contributed by atoms with E-state index in [4.69, 9.17) is 10.7 Å². The lowest BCUT2D eigenvalue weighted by Crippen LogP contribution is -2.10. The van der Waals surface area contributed by atoms with E-state index in [1.807, 2.05) is 12.1 Å². The molecule has 0 aliphatic carbocycles. The largest absolute Gasteiger partial charge is 0.366 e. The number of rotatable bonds is 5. The van der Waals surface area contributed by atoms with Crippen LogP contribution in [0.4, 0.5) is 4.39 Å². The second kappa shape index (κ2) is 7.12. The van der Waals surface area contributed by atoms with Crippen LogP contribution in [-0.2, 0) is 0 Å². The average Bonchev–Trinajstić information content (AvgIpc) is 3.07. The number of hydrogen-bond acceptors (Lipinski definition) is 2. The number of amides is 1. The molecule has 1 unspecified atom stereocenters. The van der Waals surface area contributed by atoms with Crippen molar-refractivity contribution in [1.82, 2.24) is 9.97 Å². The number of primary amides is 1. The first-order valence-electron chi connectivity index (χ1n) is 8.63. The summed E-state index contributed by atoms with van der Waals surface area (Å²) in [5, 5.41) is 0. The van der Waals surface area contributed by atoms with Crippen LogP contribution in [0.25, 0.3) is 22.5 Å². The molecule has 3 rings (SSSR count). The zero-order chi connectivity index (χ0) is 18.8. The highest BCUT2D eigenvalue weighted by atomic mass is 19.1. The van der Waals surface area contributed by atoms with Gasteiger partial charge in [-0.1, -0.05) is 32.9 Å². The number of benzene rings is 2. The Morgan fingerprint density at radius 3 is 2.12 bits per heavy atom. The molecule has 0 aliphatic heterocycles. The van der Waals surface area contributed by atoms with Crippen molar-refractivity contribution in [2.24, 2.45) is 11.7 Å². The monoisotopic (exact) mass is 351 g/mol. The lowest BCUT2D eigenvalue weighted by atomic mass is 9.98. The molecular formula is C21H22FN3O. The molecule has 26 heavy (non-hydrogen) atoms. The maximum Gasteiger partial charge on any atom is 0.248 e. The number of nitrogens with two attached hydrogens (primary N) is 1. The number of nitrogens with one attached hydrogen (secondary N) is 1. The lowest BCUT2D eigenvalue weighted by Gasteiger charge is -2.11. The predicted octanol–water partition coefficient (Wildman–Crippen LogP) is 4.74. The Bertz CT molecular complexity index is 911. The average molecular weight is 351 g/mol. The number of aromatic nitrogens is 2. The van der Waals surface area contributed by atoms with E-state index in [-0.39, 0.29) is 11.7 Å². The first kappa shape index (κ1) is 17.9. The molecular weight excluding hydrogens is 329 g/mol. The molecule has 3 N–H and O–H groups in total. The Labute approximate surface area is 152 Å². The molecule has 1 atom stereocenters. The highest BCUT2D eigenvalue weighted by molar-refractivity contribution is 5.93. The van der Waals surface area contributed by atoms with Gasteiger partial charge < -0.3 is 10.7 Å². The predicted molar refractivity (Wildman–Crippen MR) is 101 cm³/mol. The SMILES string of the molecule is CC(C)C(C)c1nc(-c2ccc(C(N)=O)cc2)c(-c2ccc(F)cc2)[nH]1.